The SMILES string of the molecule is CC1(C)c2ccccc2-c2cc3c4ccccc4n(-c4cc(-c5cccc(C#N)c5)cc(-c5cc(-c6cccc(-c7ccccc7)c6)nc(-c6cccc(-c7ccccc7)c6)c5)c4)c3cc21. The molecule has 66 heavy (non-hydrogen) atoms. The maximum atomic E-state index is 10.1. The zero-order valence-corrected chi connectivity index (χ0v) is 36.7. The largest absolute Gasteiger partial charge is 0.309 e. The Balaban J connectivity index is 1.11. The number of hydrogen-bond donors (Lipinski definition) is 0. The standard InChI is InChI=1S/C63H43N3/c1-63(2)57-28-11-9-26-53(57)55-38-56-54-27-10-12-29-61(54)66(62(56)39-58(55)63)52-34-49(44-21-13-16-41(30-44)40-64)33-50(35-52)51-36-59(47-24-14-22-45(31-47)42-17-5-3-6-18-42)65-60(37-51)48-25-15-23-46(32-48)43-19-7-4-8-20-43/h3-39H,1-2H3. The van der Waals surface area contributed by atoms with Gasteiger partial charge < -0.3 is 4.57 Å². The number of nitrogens with zero attached hydrogens (tertiary/aromatic N) is 3. The van der Waals surface area contributed by atoms with Crippen molar-refractivity contribution >= 4 is 21.8 Å². The van der Waals surface area contributed by atoms with Crippen molar-refractivity contribution in [3.63, 3.8) is 0 Å². The summed E-state index contributed by atoms with van der Waals surface area (Å²) < 4.78 is 2.45. The monoisotopic (exact) mass is 841 g/mol. The van der Waals surface area contributed by atoms with Crippen molar-refractivity contribution in [3.05, 3.63) is 241 Å². The second kappa shape index (κ2) is 15.6. The predicted molar refractivity (Wildman–Crippen MR) is 273 cm³/mol. The molecule has 0 unspecified atom stereocenters. The molecule has 9 aromatic carbocycles. The molecule has 0 atom stereocenters. The summed E-state index contributed by atoms with van der Waals surface area (Å²) in [5.41, 5.74) is 21.7. The molecule has 11 aromatic rings. The summed E-state index contributed by atoms with van der Waals surface area (Å²) in [5.74, 6) is 0. The first kappa shape index (κ1) is 39.0. The lowest BCUT2D eigenvalue weighted by molar-refractivity contribution is 0.661. The Kier molecular flexibility index (Phi) is 9.22. The zero-order valence-electron chi connectivity index (χ0n) is 36.7. The minimum atomic E-state index is -0.161. The Bertz CT molecular complexity index is 3640. The van der Waals surface area contributed by atoms with E-state index in [1.54, 1.807) is 0 Å². The molecular weight excluding hydrogens is 799 g/mol. The molecule has 0 saturated carbocycles. The number of pyridine rings is 1. The molecule has 0 radical (unpaired) electrons. The van der Waals surface area contributed by atoms with E-state index in [1.807, 2.05) is 18.2 Å². The third kappa shape index (κ3) is 6.62. The third-order valence-corrected chi connectivity index (χ3v) is 13.6. The highest BCUT2D eigenvalue weighted by atomic mass is 15.0. The zero-order chi connectivity index (χ0) is 44.4. The molecule has 3 heteroatoms. The van der Waals surface area contributed by atoms with Gasteiger partial charge >= 0.3 is 0 Å². The average molecular weight is 842 g/mol. The van der Waals surface area contributed by atoms with Gasteiger partial charge in [0.05, 0.1) is 34.1 Å². The van der Waals surface area contributed by atoms with Crippen LogP contribution in [0.3, 0.4) is 0 Å². The predicted octanol–water partition coefficient (Wildman–Crippen LogP) is 16.4. The fourth-order valence-electron chi connectivity index (χ4n) is 10.3. The molecule has 0 bridgehead atoms. The number of rotatable bonds is 7. The van der Waals surface area contributed by atoms with Gasteiger partial charge in [0.15, 0.2) is 0 Å². The maximum absolute atomic E-state index is 10.1. The van der Waals surface area contributed by atoms with Crippen molar-refractivity contribution in [2.75, 3.05) is 0 Å². The van der Waals surface area contributed by atoms with Crippen molar-refractivity contribution in [2.24, 2.45) is 0 Å². The molecule has 12 rings (SSSR count). The van der Waals surface area contributed by atoms with E-state index >= 15 is 0 Å². The Morgan fingerprint density at radius 3 is 1.56 bits per heavy atom. The average Bonchev–Trinajstić information content (AvgIpc) is 3.83. The van der Waals surface area contributed by atoms with Crippen LogP contribution in [-0.2, 0) is 5.41 Å². The first-order chi connectivity index (χ1) is 32.4. The molecule has 0 fully saturated rings. The fourth-order valence-corrected chi connectivity index (χ4v) is 10.3. The van der Waals surface area contributed by atoms with Crippen LogP contribution in [0.15, 0.2) is 224 Å². The van der Waals surface area contributed by atoms with Crippen molar-refractivity contribution in [1.29, 1.82) is 5.26 Å². The van der Waals surface area contributed by atoms with E-state index < -0.39 is 0 Å². The molecule has 1 aliphatic carbocycles. The summed E-state index contributed by atoms with van der Waals surface area (Å²) in [7, 11) is 0. The fraction of sp³-hybridized carbons (Fsp3) is 0.0476. The number of benzene rings is 9. The Hall–Kier alpha value is -8.58. The summed E-state index contributed by atoms with van der Waals surface area (Å²) in [6.07, 6.45) is 0. The number of nitriles is 1. The van der Waals surface area contributed by atoms with Crippen LogP contribution in [0, 0.1) is 11.3 Å². The minimum absolute atomic E-state index is 0.161. The highest BCUT2D eigenvalue weighted by molar-refractivity contribution is 6.12. The van der Waals surface area contributed by atoms with Crippen LogP contribution in [0.25, 0.3) is 106 Å². The lowest BCUT2D eigenvalue weighted by Gasteiger charge is -2.22. The summed E-state index contributed by atoms with van der Waals surface area (Å²) in [5, 5.41) is 12.5. The van der Waals surface area contributed by atoms with Crippen LogP contribution < -0.4 is 0 Å². The Labute approximate surface area is 385 Å². The van der Waals surface area contributed by atoms with Crippen LogP contribution in [0.2, 0.25) is 0 Å². The van der Waals surface area contributed by atoms with Gasteiger partial charge in [0.25, 0.3) is 0 Å². The van der Waals surface area contributed by atoms with Gasteiger partial charge in [0.1, 0.15) is 0 Å². The molecule has 1 aliphatic rings. The van der Waals surface area contributed by atoms with Crippen LogP contribution in [0.5, 0.6) is 0 Å². The van der Waals surface area contributed by atoms with E-state index in [2.05, 4.69) is 231 Å². The second-order valence-electron chi connectivity index (χ2n) is 17.9. The van der Waals surface area contributed by atoms with E-state index in [0.717, 1.165) is 83.7 Å². The van der Waals surface area contributed by atoms with Gasteiger partial charge in [0.2, 0.25) is 0 Å². The van der Waals surface area contributed by atoms with Gasteiger partial charge in [0, 0.05) is 33.0 Å². The van der Waals surface area contributed by atoms with Gasteiger partial charge in [-0.1, -0.05) is 166 Å². The molecule has 2 aromatic heterocycles. The molecule has 0 saturated heterocycles. The highest BCUT2D eigenvalue weighted by Crippen LogP contribution is 2.51. The van der Waals surface area contributed by atoms with Crippen molar-refractivity contribution < 1.29 is 0 Å². The van der Waals surface area contributed by atoms with Crippen molar-refractivity contribution in [1.82, 2.24) is 9.55 Å². The van der Waals surface area contributed by atoms with Crippen LogP contribution in [0.4, 0.5) is 0 Å². The molecule has 3 nitrogen and oxygen atoms in total. The minimum Gasteiger partial charge on any atom is -0.309 e. The van der Waals surface area contributed by atoms with E-state index in [4.69, 9.17) is 4.98 Å². The van der Waals surface area contributed by atoms with Gasteiger partial charge in [-0.2, -0.15) is 5.26 Å². The quantitative estimate of drug-likeness (QED) is 0.160. The molecule has 2 heterocycles. The molecule has 310 valence electrons. The topological polar surface area (TPSA) is 41.6 Å². The molecule has 0 aliphatic heterocycles. The van der Waals surface area contributed by atoms with E-state index in [0.29, 0.717) is 5.56 Å². The van der Waals surface area contributed by atoms with Gasteiger partial charge in [-0.05, 0) is 140 Å². The van der Waals surface area contributed by atoms with E-state index in [-0.39, 0.29) is 5.41 Å². The molecule has 0 N–H and O–H groups in total. The van der Waals surface area contributed by atoms with E-state index in [1.165, 1.54) is 33.0 Å². The number of aromatic nitrogens is 2. The summed E-state index contributed by atoms with van der Waals surface area (Å²) in [4.78, 5) is 5.45. The van der Waals surface area contributed by atoms with E-state index in [9.17, 15) is 5.26 Å². The van der Waals surface area contributed by atoms with Crippen molar-refractivity contribution in [3.8, 4) is 89.9 Å². The number of fused-ring (bicyclic) bond motifs is 6. The molecule has 0 amide bonds. The van der Waals surface area contributed by atoms with Crippen molar-refractivity contribution in [2.45, 2.75) is 19.3 Å². The Morgan fingerprint density at radius 1 is 0.379 bits per heavy atom. The first-order valence-corrected chi connectivity index (χ1v) is 22.6. The number of hydrogen-bond acceptors (Lipinski definition) is 2. The number of para-hydroxylation sites is 1. The van der Waals surface area contributed by atoms with Gasteiger partial charge in [-0.15, -0.1) is 0 Å². The highest BCUT2D eigenvalue weighted by Gasteiger charge is 2.36. The Morgan fingerprint density at radius 2 is 0.894 bits per heavy atom. The normalized spacial score (nSPS) is 12.5. The lowest BCUT2D eigenvalue weighted by atomic mass is 9.82. The van der Waals surface area contributed by atoms with Crippen LogP contribution in [-0.4, -0.2) is 9.55 Å². The van der Waals surface area contributed by atoms with Crippen LogP contribution in [0.1, 0.15) is 30.5 Å². The summed E-state index contributed by atoms with van der Waals surface area (Å²) in [6.45, 7) is 4.70. The first-order valence-electron chi connectivity index (χ1n) is 22.6. The van der Waals surface area contributed by atoms with Crippen LogP contribution >= 0.6 is 0 Å². The smallest absolute Gasteiger partial charge is 0.0991 e. The van der Waals surface area contributed by atoms with Gasteiger partial charge in [-0.3, -0.25) is 0 Å². The second-order valence-corrected chi connectivity index (χ2v) is 17.9. The summed E-state index contributed by atoms with van der Waals surface area (Å²) >= 11 is 0. The van der Waals surface area contributed by atoms with Gasteiger partial charge in [-0.25, -0.2) is 4.98 Å². The molecule has 0 spiro atoms. The molecular formula is C63H43N3. The maximum Gasteiger partial charge on any atom is 0.0991 e. The summed E-state index contributed by atoms with van der Waals surface area (Å²) in [6, 6.07) is 82.7. The third-order valence-electron chi connectivity index (χ3n) is 13.6. The lowest BCUT2D eigenvalue weighted by Crippen LogP contribution is -2.15.